The van der Waals surface area contributed by atoms with Crippen LogP contribution < -0.4 is 0 Å². The van der Waals surface area contributed by atoms with Gasteiger partial charge in [-0.1, -0.05) is 17.3 Å². The second-order valence-corrected chi connectivity index (χ2v) is 9.30. The predicted octanol–water partition coefficient (Wildman–Crippen LogP) is 2.48. The van der Waals surface area contributed by atoms with Gasteiger partial charge in [0.05, 0.1) is 12.7 Å². The number of fused-ring (bicyclic) bond motifs is 1. The summed E-state index contributed by atoms with van der Waals surface area (Å²) in [7, 11) is 1.85. The van der Waals surface area contributed by atoms with Gasteiger partial charge >= 0.3 is 0 Å². The summed E-state index contributed by atoms with van der Waals surface area (Å²) in [5.74, 6) is 0.431. The molecule has 0 spiro atoms. The Morgan fingerprint density at radius 3 is 2.55 bits per heavy atom. The lowest BCUT2D eigenvalue weighted by molar-refractivity contribution is -0.135. The lowest BCUT2D eigenvalue weighted by atomic mass is 9.90. The zero-order valence-corrected chi connectivity index (χ0v) is 19.1. The monoisotopic (exact) mass is 446 g/mol. The van der Waals surface area contributed by atoms with Gasteiger partial charge in [0.15, 0.2) is 0 Å². The maximum Gasteiger partial charge on any atom is 0.236 e. The van der Waals surface area contributed by atoms with E-state index in [-0.39, 0.29) is 17.6 Å². The molecule has 0 N–H and O–H groups in total. The number of ketones is 1. The molecule has 0 aliphatic carbocycles. The van der Waals surface area contributed by atoms with E-state index < -0.39 is 0 Å². The highest BCUT2D eigenvalue weighted by molar-refractivity contribution is 5.88. The predicted molar refractivity (Wildman–Crippen MR) is 125 cm³/mol. The molecule has 0 bridgehead atoms. The number of aryl methyl sites for hydroxylation is 1. The Bertz CT molecular complexity index is 1160. The first-order valence-corrected chi connectivity index (χ1v) is 11.8. The van der Waals surface area contributed by atoms with Crippen LogP contribution in [0.1, 0.15) is 31.4 Å². The number of pyridine rings is 1. The van der Waals surface area contributed by atoms with Crippen LogP contribution in [0.15, 0.2) is 36.7 Å². The molecule has 0 saturated carbocycles. The minimum Gasteiger partial charge on any atom is -0.342 e. The standard InChI is InChI=1S/C25H30N6O2/c1-29-16-23(27-28-29)19-4-5-20-15-26-22(13-21(20)12-19)14-24(32)18-6-10-31(11-7-18)25(33)17-30-8-2-3-9-30/h4-5,12-13,15-16,18H,2-3,6-11,14,17H2,1H3. The number of carbonyl (C=O) groups is 2. The highest BCUT2D eigenvalue weighted by Crippen LogP contribution is 2.24. The third-order valence-electron chi connectivity index (χ3n) is 6.89. The quantitative estimate of drug-likeness (QED) is 0.578. The van der Waals surface area contributed by atoms with Crippen molar-refractivity contribution in [2.24, 2.45) is 13.0 Å². The zero-order chi connectivity index (χ0) is 22.8. The second kappa shape index (κ2) is 9.39. The molecule has 2 aliphatic heterocycles. The molecular weight excluding hydrogens is 416 g/mol. The van der Waals surface area contributed by atoms with Crippen LogP contribution >= 0.6 is 0 Å². The van der Waals surface area contributed by atoms with Gasteiger partial charge < -0.3 is 4.90 Å². The third-order valence-corrected chi connectivity index (χ3v) is 6.89. The van der Waals surface area contributed by atoms with Crippen molar-refractivity contribution in [3.8, 4) is 11.3 Å². The van der Waals surface area contributed by atoms with Crippen molar-refractivity contribution < 1.29 is 9.59 Å². The number of hydrogen-bond donors (Lipinski definition) is 0. The largest absolute Gasteiger partial charge is 0.342 e. The van der Waals surface area contributed by atoms with Crippen molar-refractivity contribution >= 4 is 22.5 Å². The maximum absolute atomic E-state index is 13.0. The van der Waals surface area contributed by atoms with Gasteiger partial charge in [-0.05, 0) is 56.3 Å². The van der Waals surface area contributed by atoms with Crippen LogP contribution in [0.2, 0.25) is 0 Å². The lowest BCUT2D eigenvalue weighted by Crippen LogP contribution is -2.44. The van der Waals surface area contributed by atoms with Crippen molar-refractivity contribution in [2.45, 2.75) is 32.1 Å². The van der Waals surface area contributed by atoms with Crippen LogP contribution in [-0.4, -0.2) is 74.2 Å². The molecule has 1 aromatic carbocycles. The fourth-order valence-corrected chi connectivity index (χ4v) is 4.93. The van der Waals surface area contributed by atoms with Crippen molar-refractivity contribution in [3.63, 3.8) is 0 Å². The molecule has 33 heavy (non-hydrogen) atoms. The first kappa shape index (κ1) is 21.7. The summed E-state index contributed by atoms with van der Waals surface area (Å²) in [6, 6.07) is 8.10. The van der Waals surface area contributed by atoms with Crippen molar-refractivity contribution in [3.05, 3.63) is 42.4 Å². The molecule has 3 aromatic rings. The summed E-state index contributed by atoms with van der Waals surface area (Å²) < 4.78 is 1.68. The number of rotatable bonds is 6. The van der Waals surface area contributed by atoms with Crippen LogP contribution in [0.25, 0.3) is 22.0 Å². The molecule has 2 saturated heterocycles. The number of piperidine rings is 1. The summed E-state index contributed by atoms with van der Waals surface area (Å²) >= 11 is 0. The van der Waals surface area contributed by atoms with Crippen molar-refractivity contribution in [1.29, 1.82) is 0 Å². The molecule has 0 atom stereocenters. The minimum atomic E-state index is 0.00395. The highest BCUT2D eigenvalue weighted by Gasteiger charge is 2.28. The number of aromatic nitrogens is 4. The molecule has 2 aliphatic rings. The van der Waals surface area contributed by atoms with Gasteiger partial charge in [-0.3, -0.25) is 24.2 Å². The Balaban J connectivity index is 1.19. The number of benzene rings is 1. The normalized spacial score (nSPS) is 17.7. The van der Waals surface area contributed by atoms with E-state index in [4.69, 9.17) is 0 Å². The molecule has 2 aromatic heterocycles. The Labute approximate surface area is 193 Å². The van der Waals surface area contributed by atoms with E-state index in [2.05, 4.69) is 26.3 Å². The molecule has 1 amide bonds. The van der Waals surface area contributed by atoms with E-state index in [0.29, 0.717) is 26.1 Å². The minimum absolute atomic E-state index is 0.00395. The molecule has 8 heteroatoms. The van der Waals surface area contributed by atoms with E-state index in [9.17, 15) is 9.59 Å². The molecule has 5 rings (SSSR count). The van der Waals surface area contributed by atoms with Gasteiger partial charge in [-0.2, -0.15) is 0 Å². The molecule has 8 nitrogen and oxygen atoms in total. The zero-order valence-electron chi connectivity index (χ0n) is 19.1. The van der Waals surface area contributed by atoms with Gasteiger partial charge in [-0.15, -0.1) is 5.10 Å². The van der Waals surface area contributed by atoms with Crippen LogP contribution in [0.4, 0.5) is 0 Å². The Morgan fingerprint density at radius 2 is 1.82 bits per heavy atom. The van der Waals surface area contributed by atoms with Gasteiger partial charge in [0, 0.05) is 55.3 Å². The number of likely N-dealkylation sites (tertiary alicyclic amines) is 2. The Kier molecular flexibility index (Phi) is 6.17. The van der Waals surface area contributed by atoms with E-state index in [0.717, 1.165) is 53.7 Å². The van der Waals surface area contributed by atoms with Crippen molar-refractivity contribution in [2.75, 3.05) is 32.7 Å². The van der Waals surface area contributed by atoms with Crippen molar-refractivity contribution in [1.82, 2.24) is 29.8 Å². The summed E-state index contributed by atoms with van der Waals surface area (Å²) in [5.41, 5.74) is 2.60. The molecule has 2 fully saturated rings. The van der Waals surface area contributed by atoms with E-state index in [1.54, 1.807) is 4.68 Å². The lowest BCUT2D eigenvalue weighted by Gasteiger charge is -2.32. The van der Waals surface area contributed by atoms with Gasteiger partial charge in [0.2, 0.25) is 5.91 Å². The first-order valence-electron chi connectivity index (χ1n) is 11.8. The molecule has 4 heterocycles. The van der Waals surface area contributed by atoms with Gasteiger partial charge in [0.25, 0.3) is 0 Å². The summed E-state index contributed by atoms with van der Waals surface area (Å²) in [5, 5.41) is 10.3. The van der Waals surface area contributed by atoms with Gasteiger partial charge in [-0.25, -0.2) is 0 Å². The van der Waals surface area contributed by atoms with E-state index >= 15 is 0 Å². The Hall–Kier alpha value is -3.13. The number of carbonyl (C=O) groups excluding carboxylic acids is 2. The van der Waals surface area contributed by atoms with Gasteiger partial charge in [0.1, 0.15) is 11.5 Å². The number of amides is 1. The number of hydrogen-bond acceptors (Lipinski definition) is 6. The van der Waals surface area contributed by atoms with Crippen LogP contribution in [0.3, 0.4) is 0 Å². The van der Waals surface area contributed by atoms with Crippen LogP contribution in [0.5, 0.6) is 0 Å². The molecule has 0 radical (unpaired) electrons. The fourth-order valence-electron chi connectivity index (χ4n) is 4.93. The Morgan fingerprint density at radius 1 is 1.03 bits per heavy atom. The maximum atomic E-state index is 13.0. The van der Waals surface area contributed by atoms with Crippen LogP contribution in [0, 0.1) is 5.92 Å². The summed E-state index contributed by atoms with van der Waals surface area (Å²) in [4.78, 5) is 34.2. The second-order valence-electron chi connectivity index (χ2n) is 9.30. The number of Topliss-reactive ketones (excluding diaryl/α,β-unsaturated/α-hetero) is 1. The fraction of sp³-hybridized carbons (Fsp3) is 0.480. The summed E-state index contributed by atoms with van der Waals surface area (Å²) in [6.45, 7) is 3.93. The topological polar surface area (TPSA) is 84.2 Å². The average molecular weight is 447 g/mol. The smallest absolute Gasteiger partial charge is 0.236 e. The van der Waals surface area contributed by atoms with E-state index in [1.807, 2.05) is 42.5 Å². The van der Waals surface area contributed by atoms with Crippen LogP contribution in [-0.2, 0) is 23.1 Å². The summed E-state index contributed by atoms with van der Waals surface area (Å²) in [6.07, 6.45) is 7.91. The van der Waals surface area contributed by atoms with E-state index in [1.165, 1.54) is 12.8 Å². The highest BCUT2D eigenvalue weighted by atomic mass is 16.2. The SMILES string of the molecule is Cn1cc(-c2ccc3cnc(CC(=O)C4CCN(C(=O)CN5CCCC5)CC4)cc3c2)nn1. The average Bonchev–Trinajstić information content (AvgIpc) is 3.50. The first-order chi connectivity index (χ1) is 16.0. The molecule has 172 valence electrons. The third kappa shape index (κ3) is 4.95. The molecule has 0 unspecified atom stereocenters. The number of nitrogens with zero attached hydrogens (tertiary/aromatic N) is 6. The molecular formula is C25H30N6O2.